The van der Waals surface area contributed by atoms with E-state index >= 15 is 0 Å². The van der Waals surface area contributed by atoms with Crippen molar-refractivity contribution in [2.75, 3.05) is 5.32 Å². The van der Waals surface area contributed by atoms with Crippen molar-refractivity contribution in [3.8, 4) is 0 Å². The van der Waals surface area contributed by atoms with Crippen molar-refractivity contribution in [1.29, 1.82) is 0 Å². The van der Waals surface area contributed by atoms with Gasteiger partial charge in [-0.25, -0.2) is 9.67 Å². The molecule has 2 heterocycles. The van der Waals surface area contributed by atoms with E-state index in [2.05, 4.69) is 20.5 Å². The van der Waals surface area contributed by atoms with Gasteiger partial charge in [-0.1, -0.05) is 29.8 Å². The van der Waals surface area contributed by atoms with Gasteiger partial charge in [0, 0.05) is 0 Å². The molecule has 0 saturated heterocycles. The van der Waals surface area contributed by atoms with Crippen LogP contribution in [-0.4, -0.2) is 35.4 Å². The number of carbonyl (C=O) groups excluding carboxylic acids is 1. The van der Waals surface area contributed by atoms with Crippen molar-refractivity contribution in [2.45, 2.75) is 26.4 Å². The Labute approximate surface area is 148 Å². The van der Waals surface area contributed by atoms with Crippen LogP contribution in [0.5, 0.6) is 0 Å². The summed E-state index contributed by atoms with van der Waals surface area (Å²) < 4.78 is 2.84. The molecule has 1 amide bonds. The maximum absolute atomic E-state index is 12.3. The van der Waals surface area contributed by atoms with Crippen molar-refractivity contribution < 1.29 is 9.72 Å². The summed E-state index contributed by atoms with van der Waals surface area (Å²) in [6, 6.07) is 7.27. The first-order valence-electron chi connectivity index (χ1n) is 7.87. The fraction of sp³-hybridized carbons (Fsp3) is 0.250. The second kappa shape index (κ2) is 7.13. The van der Waals surface area contributed by atoms with Crippen molar-refractivity contribution in [1.82, 2.24) is 24.5 Å². The van der Waals surface area contributed by atoms with Gasteiger partial charge in [-0.15, -0.1) is 5.10 Å². The molecule has 134 valence electrons. The number of hydrogen-bond donors (Lipinski definition) is 1. The molecule has 0 saturated carbocycles. The molecular weight excluding hydrogens is 338 g/mol. The summed E-state index contributed by atoms with van der Waals surface area (Å²) in [6.45, 7) is 4.12. The van der Waals surface area contributed by atoms with Gasteiger partial charge in [-0.2, -0.15) is 5.10 Å². The molecule has 0 radical (unpaired) electrons. The van der Waals surface area contributed by atoms with Crippen LogP contribution in [0.15, 0.2) is 43.0 Å². The van der Waals surface area contributed by atoms with Gasteiger partial charge in [0.1, 0.15) is 24.8 Å². The number of anilines is 1. The van der Waals surface area contributed by atoms with Crippen LogP contribution in [0.2, 0.25) is 0 Å². The van der Waals surface area contributed by atoms with Crippen molar-refractivity contribution in [2.24, 2.45) is 0 Å². The van der Waals surface area contributed by atoms with E-state index in [9.17, 15) is 14.9 Å². The van der Waals surface area contributed by atoms with Gasteiger partial charge in [0.15, 0.2) is 0 Å². The summed E-state index contributed by atoms with van der Waals surface area (Å²) in [5.41, 5.74) is 2.05. The van der Waals surface area contributed by atoms with Gasteiger partial charge >= 0.3 is 5.69 Å². The summed E-state index contributed by atoms with van der Waals surface area (Å²) in [4.78, 5) is 26.5. The van der Waals surface area contributed by atoms with Crippen LogP contribution in [0.3, 0.4) is 0 Å². The zero-order chi connectivity index (χ0) is 18.7. The molecule has 1 unspecified atom stereocenters. The van der Waals surface area contributed by atoms with E-state index in [0.29, 0.717) is 6.54 Å². The minimum atomic E-state index is -0.743. The number of nitrogens with zero attached hydrogens (tertiary/aromatic N) is 6. The summed E-state index contributed by atoms with van der Waals surface area (Å²) in [7, 11) is 0. The monoisotopic (exact) mass is 355 g/mol. The maximum atomic E-state index is 12.3. The van der Waals surface area contributed by atoms with Gasteiger partial charge in [0.05, 0.1) is 11.5 Å². The highest BCUT2D eigenvalue weighted by molar-refractivity contribution is 5.91. The summed E-state index contributed by atoms with van der Waals surface area (Å²) >= 11 is 0. The lowest BCUT2D eigenvalue weighted by Crippen LogP contribution is -2.24. The summed E-state index contributed by atoms with van der Waals surface area (Å²) in [5.74, 6) is -0.257. The molecule has 1 aromatic carbocycles. The normalized spacial score (nSPS) is 11.9. The number of aryl methyl sites for hydroxylation is 1. The quantitative estimate of drug-likeness (QED) is 0.533. The summed E-state index contributed by atoms with van der Waals surface area (Å²) in [5, 5.41) is 21.3. The predicted molar refractivity (Wildman–Crippen MR) is 92.5 cm³/mol. The minimum Gasteiger partial charge on any atom is -0.291 e. The van der Waals surface area contributed by atoms with Crippen LogP contribution in [0.25, 0.3) is 0 Å². The highest BCUT2D eigenvalue weighted by atomic mass is 16.6. The molecule has 10 nitrogen and oxygen atoms in total. The Morgan fingerprint density at radius 1 is 1.42 bits per heavy atom. The first-order valence-corrected chi connectivity index (χ1v) is 7.87. The van der Waals surface area contributed by atoms with E-state index in [0.717, 1.165) is 17.3 Å². The number of carbonyl (C=O) groups is 1. The van der Waals surface area contributed by atoms with E-state index in [1.807, 2.05) is 31.2 Å². The molecule has 0 bridgehead atoms. The third kappa shape index (κ3) is 3.91. The van der Waals surface area contributed by atoms with Crippen LogP contribution < -0.4 is 5.32 Å². The average molecular weight is 355 g/mol. The fourth-order valence-corrected chi connectivity index (χ4v) is 2.39. The topological polar surface area (TPSA) is 121 Å². The number of amides is 1. The first kappa shape index (κ1) is 17.3. The standard InChI is InChI=1S/C16H17N7O3/c1-11-4-3-5-13(6-11)8-21-10-17-16(20-21)19-15(24)12(2)22-9-14(7-18-22)23(25)26/h3-7,9-10,12H,8H2,1-2H3,(H,19,20,24). The van der Waals surface area contributed by atoms with Gasteiger partial charge < -0.3 is 0 Å². The van der Waals surface area contributed by atoms with Gasteiger partial charge in [0.2, 0.25) is 5.95 Å². The lowest BCUT2D eigenvalue weighted by Gasteiger charge is -2.10. The molecule has 3 rings (SSSR count). The van der Waals surface area contributed by atoms with E-state index in [1.54, 1.807) is 11.6 Å². The van der Waals surface area contributed by atoms with Crippen LogP contribution in [0, 0.1) is 17.0 Å². The summed E-state index contributed by atoms with van der Waals surface area (Å²) in [6.07, 6.45) is 3.83. The van der Waals surface area contributed by atoms with E-state index < -0.39 is 16.9 Å². The number of aromatic nitrogens is 5. The molecule has 0 aliphatic carbocycles. The maximum Gasteiger partial charge on any atom is 0.307 e. The van der Waals surface area contributed by atoms with Crippen molar-refractivity contribution in [3.63, 3.8) is 0 Å². The Morgan fingerprint density at radius 2 is 2.23 bits per heavy atom. The molecule has 0 spiro atoms. The lowest BCUT2D eigenvalue weighted by molar-refractivity contribution is -0.385. The Morgan fingerprint density at radius 3 is 2.92 bits per heavy atom. The number of hydrogen-bond acceptors (Lipinski definition) is 6. The van der Waals surface area contributed by atoms with E-state index in [1.165, 1.54) is 17.2 Å². The molecule has 10 heteroatoms. The van der Waals surface area contributed by atoms with Crippen LogP contribution in [-0.2, 0) is 11.3 Å². The van der Waals surface area contributed by atoms with Crippen molar-refractivity contribution in [3.05, 3.63) is 64.2 Å². The Bertz CT molecular complexity index is 947. The third-order valence-electron chi connectivity index (χ3n) is 3.77. The van der Waals surface area contributed by atoms with Crippen LogP contribution in [0.1, 0.15) is 24.1 Å². The third-order valence-corrected chi connectivity index (χ3v) is 3.77. The Hall–Kier alpha value is -3.56. The zero-order valence-corrected chi connectivity index (χ0v) is 14.2. The van der Waals surface area contributed by atoms with Gasteiger partial charge in [-0.05, 0) is 19.4 Å². The van der Waals surface area contributed by atoms with Gasteiger partial charge in [-0.3, -0.25) is 24.9 Å². The molecule has 1 N–H and O–H groups in total. The highest BCUT2D eigenvalue weighted by Crippen LogP contribution is 2.14. The molecule has 0 aliphatic rings. The smallest absolute Gasteiger partial charge is 0.291 e. The molecule has 0 aliphatic heterocycles. The van der Waals surface area contributed by atoms with Crippen molar-refractivity contribution >= 4 is 17.5 Å². The van der Waals surface area contributed by atoms with Crippen LogP contribution in [0.4, 0.5) is 11.6 Å². The van der Waals surface area contributed by atoms with Gasteiger partial charge in [0.25, 0.3) is 5.91 Å². The molecular formula is C16H17N7O3. The zero-order valence-electron chi connectivity index (χ0n) is 14.2. The molecule has 2 aromatic heterocycles. The Balaban J connectivity index is 1.64. The minimum absolute atomic E-state index is 0.163. The first-order chi connectivity index (χ1) is 12.4. The Kier molecular flexibility index (Phi) is 4.74. The highest BCUT2D eigenvalue weighted by Gasteiger charge is 2.20. The lowest BCUT2D eigenvalue weighted by atomic mass is 10.1. The number of nitro groups is 1. The van der Waals surface area contributed by atoms with Crippen LogP contribution >= 0.6 is 0 Å². The predicted octanol–water partition coefficient (Wildman–Crippen LogP) is 1.94. The molecule has 1 atom stereocenters. The average Bonchev–Trinajstić information content (AvgIpc) is 3.24. The number of benzene rings is 1. The molecule has 26 heavy (non-hydrogen) atoms. The second-order valence-electron chi connectivity index (χ2n) is 5.86. The molecule has 3 aromatic rings. The van der Waals surface area contributed by atoms with E-state index in [4.69, 9.17) is 0 Å². The molecule has 0 fully saturated rings. The largest absolute Gasteiger partial charge is 0.307 e. The number of rotatable bonds is 6. The fourth-order valence-electron chi connectivity index (χ4n) is 2.39. The second-order valence-corrected chi connectivity index (χ2v) is 5.86. The SMILES string of the molecule is Cc1cccc(Cn2cnc(NC(=O)C(C)n3cc([N+](=O)[O-])cn3)n2)c1. The van der Waals surface area contributed by atoms with E-state index in [-0.39, 0.29) is 11.6 Å². The number of nitrogens with one attached hydrogen (secondary N) is 1.